The Balaban J connectivity index is 2.16. The third kappa shape index (κ3) is 2.53. The van der Waals surface area contributed by atoms with Crippen LogP contribution in [-0.2, 0) is 6.42 Å². The van der Waals surface area contributed by atoms with Crippen LogP contribution >= 0.6 is 0 Å². The number of anilines is 1. The number of halogens is 1. The van der Waals surface area contributed by atoms with Gasteiger partial charge in [-0.05, 0) is 30.7 Å². The molecule has 18 heavy (non-hydrogen) atoms. The molecule has 0 bridgehead atoms. The second-order valence-corrected chi connectivity index (χ2v) is 3.87. The molecule has 6 heteroatoms. The molecular weight excluding hydrogens is 235 g/mol. The van der Waals surface area contributed by atoms with Gasteiger partial charge in [0.2, 0.25) is 5.82 Å². The number of H-pyrrole nitrogens is 1. The number of benzene rings is 1. The zero-order chi connectivity index (χ0) is 13.1. The van der Waals surface area contributed by atoms with Gasteiger partial charge in [0.05, 0.1) is 0 Å². The van der Waals surface area contributed by atoms with Gasteiger partial charge in [-0.2, -0.15) is 0 Å². The molecule has 5 nitrogen and oxygen atoms in total. The molecule has 2 aromatic rings. The molecule has 1 amide bonds. The molecule has 0 aliphatic rings. The second kappa shape index (κ2) is 4.95. The maximum Gasteiger partial charge on any atom is 0.295 e. The highest BCUT2D eigenvalue weighted by molar-refractivity contribution is 6.01. The summed E-state index contributed by atoms with van der Waals surface area (Å²) in [7, 11) is 0. The lowest BCUT2D eigenvalue weighted by atomic mass is 10.2. The number of rotatable bonds is 3. The minimum absolute atomic E-state index is 0.0792. The zero-order valence-electron chi connectivity index (χ0n) is 10.1. The lowest BCUT2D eigenvalue weighted by Crippen LogP contribution is -2.14. The molecule has 0 unspecified atom stereocenters. The lowest BCUT2D eigenvalue weighted by molar-refractivity contribution is 0.101. The van der Waals surface area contributed by atoms with E-state index in [4.69, 9.17) is 0 Å². The van der Waals surface area contributed by atoms with E-state index in [0.717, 1.165) is 0 Å². The summed E-state index contributed by atoms with van der Waals surface area (Å²) in [5.74, 6) is -0.0242. The number of nitrogens with zero attached hydrogens (tertiary/aromatic N) is 2. The average Bonchev–Trinajstić information content (AvgIpc) is 2.81. The van der Waals surface area contributed by atoms with E-state index in [9.17, 15) is 9.18 Å². The summed E-state index contributed by atoms with van der Waals surface area (Å²) >= 11 is 0. The SMILES string of the molecule is CCc1nc(C(=O)Nc2ccc(F)cc2C)n[nH]1. The van der Waals surface area contributed by atoms with E-state index in [-0.39, 0.29) is 11.6 Å². The molecule has 1 aromatic heterocycles. The van der Waals surface area contributed by atoms with Crippen molar-refractivity contribution in [3.8, 4) is 0 Å². The quantitative estimate of drug-likeness (QED) is 0.873. The summed E-state index contributed by atoms with van der Waals surface area (Å²) in [5, 5.41) is 9.11. The summed E-state index contributed by atoms with van der Waals surface area (Å²) in [6.45, 7) is 3.63. The van der Waals surface area contributed by atoms with Crippen LogP contribution in [0.3, 0.4) is 0 Å². The van der Waals surface area contributed by atoms with E-state index in [1.807, 2.05) is 6.92 Å². The van der Waals surface area contributed by atoms with Gasteiger partial charge in [0.25, 0.3) is 5.91 Å². The molecule has 0 radical (unpaired) electrons. The number of hydrogen-bond donors (Lipinski definition) is 2. The van der Waals surface area contributed by atoms with Gasteiger partial charge in [-0.25, -0.2) is 9.37 Å². The fourth-order valence-corrected chi connectivity index (χ4v) is 1.50. The van der Waals surface area contributed by atoms with E-state index in [1.165, 1.54) is 18.2 Å². The van der Waals surface area contributed by atoms with Gasteiger partial charge in [-0.1, -0.05) is 6.92 Å². The van der Waals surface area contributed by atoms with Gasteiger partial charge in [0, 0.05) is 12.1 Å². The summed E-state index contributed by atoms with van der Waals surface area (Å²) in [5.41, 5.74) is 1.19. The monoisotopic (exact) mass is 248 g/mol. The number of amides is 1. The van der Waals surface area contributed by atoms with E-state index in [2.05, 4.69) is 20.5 Å². The Morgan fingerprint density at radius 3 is 2.89 bits per heavy atom. The molecule has 0 saturated carbocycles. The van der Waals surface area contributed by atoms with Crippen molar-refractivity contribution in [3.05, 3.63) is 41.2 Å². The molecule has 1 heterocycles. The highest BCUT2D eigenvalue weighted by Crippen LogP contribution is 2.16. The molecule has 0 fully saturated rings. The lowest BCUT2D eigenvalue weighted by Gasteiger charge is -2.06. The molecule has 0 saturated heterocycles. The van der Waals surface area contributed by atoms with Crippen LogP contribution in [0.5, 0.6) is 0 Å². The van der Waals surface area contributed by atoms with E-state index in [1.54, 1.807) is 6.92 Å². The highest BCUT2D eigenvalue weighted by atomic mass is 19.1. The third-order valence-corrected chi connectivity index (χ3v) is 2.51. The van der Waals surface area contributed by atoms with Gasteiger partial charge in [-0.15, -0.1) is 5.10 Å². The Labute approximate surface area is 103 Å². The first-order chi connectivity index (χ1) is 8.60. The number of aromatic amines is 1. The predicted octanol–water partition coefficient (Wildman–Crippen LogP) is 2.07. The maximum absolute atomic E-state index is 12.9. The second-order valence-electron chi connectivity index (χ2n) is 3.87. The van der Waals surface area contributed by atoms with Gasteiger partial charge >= 0.3 is 0 Å². The van der Waals surface area contributed by atoms with Crippen LogP contribution in [-0.4, -0.2) is 21.1 Å². The van der Waals surface area contributed by atoms with Crippen molar-refractivity contribution in [3.63, 3.8) is 0 Å². The Morgan fingerprint density at radius 1 is 1.50 bits per heavy atom. The Hall–Kier alpha value is -2.24. The van der Waals surface area contributed by atoms with Gasteiger partial charge in [-0.3, -0.25) is 9.89 Å². The van der Waals surface area contributed by atoms with Crippen molar-refractivity contribution in [2.24, 2.45) is 0 Å². The fraction of sp³-hybridized carbons (Fsp3) is 0.250. The van der Waals surface area contributed by atoms with Crippen LogP contribution in [0, 0.1) is 12.7 Å². The summed E-state index contributed by atoms with van der Waals surface area (Å²) in [4.78, 5) is 15.8. The molecule has 1 aromatic carbocycles. The Kier molecular flexibility index (Phi) is 3.36. The molecule has 94 valence electrons. The largest absolute Gasteiger partial charge is 0.319 e. The summed E-state index contributed by atoms with van der Waals surface area (Å²) in [6, 6.07) is 4.15. The molecule has 0 aliphatic carbocycles. The predicted molar refractivity (Wildman–Crippen MR) is 64.9 cm³/mol. The first-order valence-electron chi connectivity index (χ1n) is 5.59. The van der Waals surface area contributed by atoms with Gasteiger partial charge < -0.3 is 5.32 Å². The van der Waals surface area contributed by atoms with Crippen molar-refractivity contribution in [1.82, 2.24) is 15.2 Å². The van der Waals surface area contributed by atoms with Crippen LogP contribution < -0.4 is 5.32 Å². The van der Waals surface area contributed by atoms with Crippen LogP contribution in [0.25, 0.3) is 0 Å². The average molecular weight is 248 g/mol. The van der Waals surface area contributed by atoms with E-state index < -0.39 is 5.91 Å². The molecule has 2 N–H and O–H groups in total. The number of carbonyl (C=O) groups excluding carboxylic acids is 1. The Morgan fingerprint density at radius 2 is 2.28 bits per heavy atom. The van der Waals surface area contributed by atoms with Gasteiger partial charge in [0.15, 0.2) is 0 Å². The smallest absolute Gasteiger partial charge is 0.295 e. The number of carbonyl (C=O) groups is 1. The summed E-state index contributed by atoms with van der Waals surface area (Å²) in [6.07, 6.45) is 0.676. The van der Waals surface area contributed by atoms with Crippen molar-refractivity contribution in [2.75, 3.05) is 5.32 Å². The highest BCUT2D eigenvalue weighted by Gasteiger charge is 2.13. The van der Waals surface area contributed by atoms with Crippen molar-refractivity contribution in [2.45, 2.75) is 20.3 Å². The van der Waals surface area contributed by atoms with E-state index >= 15 is 0 Å². The number of aromatic nitrogens is 3. The summed E-state index contributed by atoms with van der Waals surface area (Å²) < 4.78 is 12.9. The molecule has 0 spiro atoms. The molecular formula is C12H13FN4O. The normalized spacial score (nSPS) is 10.4. The molecule has 0 atom stereocenters. The van der Waals surface area contributed by atoms with Crippen LogP contribution in [0.2, 0.25) is 0 Å². The number of nitrogens with one attached hydrogen (secondary N) is 2. The minimum atomic E-state index is -0.416. The molecule has 2 rings (SSSR count). The van der Waals surface area contributed by atoms with Crippen molar-refractivity contribution >= 4 is 11.6 Å². The fourth-order valence-electron chi connectivity index (χ4n) is 1.50. The topological polar surface area (TPSA) is 70.7 Å². The van der Waals surface area contributed by atoms with Crippen LogP contribution in [0.1, 0.15) is 28.9 Å². The minimum Gasteiger partial charge on any atom is -0.319 e. The van der Waals surface area contributed by atoms with Crippen molar-refractivity contribution < 1.29 is 9.18 Å². The standard InChI is InChI=1S/C12H13FN4O/c1-3-10-15-11(17-16-10)12(18)14-9-5-4-8(13)6-7(9)2/h4-6H,3H2,1-2H3,(H,14,18)(H,15,16,17). The van der Waals surface area contributed by atoms with Gasteiger partial charge in [0.1, 0.15) is 11.6 Å². The number of aryl methyl sites for hydroxylation is 2. The third-order valence-electron chi connectivity index (χ3n) is 2.51. The first kappa shape index (κ1) is 12.2. The van der Waals surface area contributed by atoms with Crippen LogP contribution in [0.4, 0.5) is 10.1 Å². The molecule has 0 aliphatic heterocycles. The van der Waals surface area contributed by atoms with Crippen LogP contribution in [0.15, 0.2) is 18.2 Å². The first-order valence-corrected chi connectivity index (χ1v) is 5.59. The zero-order valence-corrected chi connectivity index (χ0v) is 10.1. The number of hydrogen-bond acceptors (Lipinski definition) is 3. The Bertz CT molecular complexity index is 579. The van der Waals surface area contributed by atoms with Crippen molar-refractivity contribution in [1.29, 1.82) is 0 Å². The maximum atomic E-state index is 12.9. The van der Waals surface area contributed by atoms with E-state index in [0.29, 0.717) is 23.5 Å².